The van der Waals surface area contributed by atoms with Gasteiger partial charge < -0.3 is 9.64 Å². The van der Waals surface area contributed by atoms with E-state index in [2.05, 4.69) is 43.0 Å². The molecule has 1 aromatic carbocycles. The van der Waals surface area contributed by atoms with Crippen molar-refractivity contribution in [3.8, 4) is 11.8 Å². The summed E-state index contributed by atoms with van der Waals surface area (Å²) in [6.07, 6.45) is 2.70. The third-order valence-corrected chi connectivity index (χ3v) is 3.63. The Hall–Kier alpha value is -1.53. The Labute approximate surface area is 122 Å². The quantitative estimate of drug-likeness (QED) is 0.765. The minimum Gasteiger partial charge on any atom is -0.493 e. The first-order valence-corrected chi connectivity index (χ1v) is 7.53. The second-order valence-electron chi connectivity index (χ2n) is 5.89. The molecule has 0 atom stereocenters. The standard InChI is InChI=1S/C17H24N2O/c1-14(2)13-19(9-3-8-18)10-6-15-4-5-17-16(12-15)7-11-20-17/h4-5,12,14H,3,6-7,9-11,13H2,1-2H3. The Kier molecular flexibility index (Phi) is 5.43. The molecule has 0 saturated heterocycles. The lowest BCUT2D eigenvalue weighted by Crippen LogP contribution is -2.30. The van der Waals surface area contributed by atoms with E-state index < -0.39 is 0 Å². The maximum atomic E-state index is 8.75. The SMILES string of the molecule is CC(C)CN(CCC#N)CCc1ccc2c(c1)CCO2. The molecule has 0 fully saturated rings. The summed E-state index contributed by atoms with van der Waals surface area (Å²) >= 11 is 0. The van der Waals surface area contributed by atoms with Crippen LogP contribution in [0.25, 0.3) is 0 Å². The van der Waals surface area contributed by atoms with Gasteiger partial charge in [-0.25, -0.2) is 0 Å². The number of nitriles is 1. The molecule has 0 bridgehead atoms. The lowest BCUT2D eigenvalue weighted by Gasteiger charge is -2.23. The van der Waals surface area contributed by atoms with E-state index in [1.165, 1.54) is 11.1 Å². The number of nitrogens with zero attached hydrogens (tertiary/aromatic N) is 2. The van der Waals surface area contributed by atoms with Crippen molar-refractivity contribution >= 4 is 0 Å². The van der Waals surface area contributed by atoms with Gasteiger partial charge in [-0.2, -0.15) is 5.26 Å². The highest BCUT2D eigenvalue weighted by atomic mass is 16.5. The first-order chi connectivity index (χ1) is 9.69. The van der Waals surface area contributed by atoms with E-state index in [9.17, 15) is 0 Å². The van der Waals surface area contributed by atoms with Crippen molar-refractivity contribution < 1.29 is 4.74 Å². The molecule has 20 heavy (non-hydrogen) atoms. The number of fused-ring (bicyclic) bond motifs is 1. The van der Waals surface area contributed by atoms with Crippen molar-refractivity contribution in [1.29, 1.82) is 5.26 Å². The summed E-state index contributed by atoms with van der Waals surface area (Å²) in [7, 11) is 0. The lowest BCUT2D eigenvalue weighted by molar-refractivity contribution is 0.252. The van der Waals surface area contributed by atoms with Crippen molar-refractivity contribution in [3.05, 3.63) is 29.3 Å². The van der Waals surface area contributed by atoms with Gasteiger partial charge in [-0.05, 0) is 29.5 Å². The zero-order chi connectivity index (χ0) is 14.4. The average Bonchev–Trinajstić information content (AvgIpc) is 2.88. The molecule has 1 aliphatic heterocycles. The van der Waals surface area contributed by atoms with Crippen LogP contribution >= 0.6 is 0 Å². The molecule has 108 valence electrons. The number of hydrogen-bond acceptors (Lipinski definition) is 3. The maximum absolute atomic E-state index is 8.75. The Morgan fingerprint density at radius 2 is 2.20 bits per heavy atom. The van der Waals surface area contributed by atoms with Gasteiger partial charge in [0.2, 0.25) is 0 Å². The van der Waals surface area contributed by atoms with Crippen molar-refractivity contribution in [2.45, 2.75) is 33.1 Å². The molecule has 1 aromatic rings. The van der Waals surface area contributed by atoms with Crippen LogP contribution in [0.3, 0.4) is 0 Å². The summed E-state index contributed by atoms with van der Waals surface area (Å²) in [6.45, 7) is 8.25. The van der Waals surface area contributed by atoms with Crippen LogP contribution in [-0.2, 0) is 12.8 Å². The smallest absolute Gasteiger partial charge is 0.122 e. The molecule has 1 heterocycles. The summed E-state index contributed by atoms with van der Waals surface area (Å²) in [5, 5.41) is 8.75. The zero-order valence-corrected chi connectivity index (χ0v) is 12.6. The molecule has 2 rings (SSSR count). The van der Waals surface area contributed by atoms with Gasteiger partial charge in [-0.3, -0.25) is 0 Å². The minimum absolute atomic E-state index is 0.616. The van der Waals surface area contributed by atoms with Crippen LogP contribution in [0.1, 0.15) is 31.4 Å². The van der Waals surface area contributed by atoms with Gasteiger partial charge in [-0.1, -0.05) is 26.0 Å². The van der Waals surface area contributed by atoms with E-state index in [1.807, 2.05) is 0 Å². The van der Waals surface area contributed by atoms with Crippen molar-refractivity contribution in [3.63, 3.8) is 0 Å². The summed E-state index contributed by atoms with van der Waals surface area (Å²) < 4.78 is 5.54. The molecule has 0 aliphatic carbocycles. The molecule has 0 N–H and O–H groups in total. The average molecular weight is 272 g/mol. The van der Waals surface area contributed by atoms with E-state index in [0.717, 1.165) is 44.8 Å². The Balaban J connectivity index is 1.89. The Bertz CT molecular complexity index is 476. The van der Waals surface area contributed by atoms with Crippen molar-refractivity contribution in [2.75, 3.05) is 26.2 Å². The van der Waals surface area contributed by atoms with Crippen LogP contribution in [0, 0.1) is 17.2 Å². The number of rotatable bonds is 7. The van der Waals surface area contributed by atoms with E-state index in [-0.39, 0.29) is 0 Å². The Morgan fingerprint density at radius 1 is 1.35 bits per heavy atom. The van der Waals surface area contributed by atoms with Gasteiger partial charge in [0.1, 0.15) is 5.75 Å². The van der Waals surface area contributed by atoms with Gasteiger partial charge in [-0.15, -0.1) is 0 Å². The van der Waals surface area contributed by atoms with Gasteiger partial charge >= 0.3 is 0 Å². The molecular formula is C17H24N2O. The summed E-state index contributed by atoms with van der Waals surface area (Å²) in [5.74, 6) is 1.69. The molecule has 0 aromatic heterocycles. The molecule has 0 spiro atoms. The molecule has 0 unspecified atom stereocenters. The molecule has 3 nitrogen and oxygen atoms in total. The number of benzene rings is 1. The van der Waals surface area contributed by atoms with Crippen LogP contribution in [0.5, 0.6) is 5.75 Å². The predicted octanol–water partition coefficient (Wildman–Crippen LogP) is 3.04. The maximum Gasteiger partial charge on any atom is 0.122 e. The molecule has 1 aliphatic rings. The summed E-state index contributed by atoms with van der Waals surface area (Å²) in [6, 6.07) is 8.79. The van der Waals surface area contributed by atoms with Crippen molar-refractivity contribution in [1.82, 2.24) is 4.90 Å². The molecule has 3 heteroatoms. The summed E-state index contributed by atoms with van der Waals surface area (Å²) in [4.78, 5) is 2.40. The first kappa shape index (κ1) is 14.9. The van der Waals surface area contributed by atoms with Crippen molar-refractivity contribution in [2.24, 2.45) is 5.92 Å². The second-order valence-corrected chi connectivity index (χ2v) is 5.89. The fourth-order valence-electron chi connectivity index (χ4n) is 2.70. The zero-order valence-electron chi connectivity index (χ0n) is 12.6. The molecule has 0 saturated carbocycles. The first-order valence-electron chi connectivity index (χ1n) is 7.53. The third kappa shape index (κ3) is 4.25. The molecule has 0 amide bonds. The Morgan fingerprint density at radius 3 is 2.95 bits per heavy atom. The number of hydrogen-bond donors (Lipinski definition) is 0. The lowest BCUT2D eigenvalue weighted by atomic mass is 10.1. The van der Waals surface area contributed by atoms with Crippen LogP contribution in [-0.4, -0.2) is 31.1 Å². The van der Waals surface area contributed by atoms with E-state index >= 15 is 0 Å². The highest BCUT2D eigenvalue weighted by Gasteiger charge is 2.13. The fraction of sp³-hybridized carbons (Fsp3) is 0.588. The van der Waals surface area contributed by atoms with Crippen LogP contribution < -0.4 is 4.74 Å². The monoisotopic (exact) mass is 272 g/mol. The highest BCUT2D eigenvalue weighted by Crippen LogP contribution is 2.26. The number of ether oxygens (including phenoxy) is 1. The third-order valence-electron chi connectivity index (χ3n) is 3.63. The second kappa shape index (κ2) is 7.31. The van der Waals surface area contributed by atoms with Gasteiger partial charge in [0.05, 0.1) is 12.7 Å². The summed E-state index contributed by atoms with van der Waals surface area (Å²) in [5.41, 5.74) is 2.72. The van der Waals surface area contributed by atoms with Crippen LogP contribution in [0.4, 0.5) is 0 Å². The van der Waals surface area contributed by atoms with Gasteiger partial charge in [0.25, 0.3) is 0 Å². The highest BCUT2D eigenvalue weighted by molar-refractivity contribution is 5.39. The fourth-order valence-corrected chi connectivity index (χ4v) is 2.70. The normalized spacial score (nSPS) is 13.3. The van der Waals surface area contributed by atoms with Crippen LogP contribution in [0.2, 0.25) is 0 Å². The molecule has 0 radical (unpaired) electrons. The van der Waals surface area contributed by atoms with Crippen LogP contribution in [0.15, 0.2) is 18.2 Å². The predicted molar refractivity (Wildman–Crippen MR) is 80.9 cm³/mol. The molecular weight excluding hydrogens is 248 g/mol. The van der Waals surface area contributed by atoms with Gasteiger partial charge in [0, 0.05) is 32.5 Å². The van der Waals surface area contributed by atoms with Gasteiger partial charge in [0.15, 0.2) is 0 Å². The largest absolute Gasteiger partial charge is 0.493 e. The topological polar surface area (TPSA) is 36.3 Å². The van der Waals surface area contributed by atoms with E-state index in [0.29, 0.717) is 12.3 Å². The van der Waals surface area contributed by atoms with E-state index in [4.69, 9.17) is 10.00 Å². The van der Waals surface area contributed by atoms with E-state index in [1.54, 1.807) is 0 Å². The minimum atomic E-state index is 0.616.